The molecule has 33 heavy (non-hydrogen) atoms. The summed E-state index contributed by atoms with van der Waals surface area (Å²) in [7, 11) is 0. The van der Waals surface area contributed by atoms with Gasteiger partial charge in [0.15, 0.2) is 11.2 Å². The monoisotopic (exact) mass is 458 g/mol. The molecule has 7 heteroatoms. The Morgan fingerprint density at radius 2 is 1.76 bits per heavy atom. The fourth-order valence-corrected chi connectivity index (χ4v) is 5.45. The van der Waals surface area contributed by atoms with Crippen LogP contribution in [0.1, 0.15) is 43.3 Å². The largest absolute Gasteiger partial charge is 0.451 e. The molecule has 2 heterocycles. The van der Waals surface area contributed by atoms with E-state index in [1.807, 2.05) is 30.3 Å². The molecule has 0 aliphatic heterocycles. The summed E-state index contributed by atoms with van der Waals surface area (Å²) in [5.74, 6) is -0.820. The number of rotatable bonds is 6. The Balaban J connectivity index is 1.37. The zero-order valence-electron chi connectivity index (χ0n) is 17.9. The van der Waals surface area contributed by atoms with Crippen molar-refractivity contribution in [2.45, 2.75) is 25.7 Å². The standard InChI is InChI=1S/C26H22N2O4S/c29-19-15-21(32-20-11-5-4-9-17(19)20)24(30)28-26-23(18-10-6-12-22(18)33-26)25(31)27-14-13-16-7-2-1-3-8-16/h1-5,7-9,11,15H,6,10,12-14H2,(H,27,31)(H,28,30). The molecule has 5 rings (SSSR count). The summed E-state index contributed by atoms with van der Waals surface area (Å²) in [4.78, 5) is 39.5. The number of aryl methyl sites for hydroxylation is 1. The van der Waals surface area contributed by atoms with Crippen molar-refractivity contribution in [2.24, 2.45) is 0 Å². The molecule has 0 saturated heterocycles. The molecule has 0 bridgehead atoms. The minimum absolute atomic E-state index is 0.0808. The van der Waals surface area contributed by atoms with Crippen LogP contribution in [0.3, 0.4) is 0 Å². The van der Waals surface area contributed by atoms with Gasteiger partial charge in [0, 0.05) is 17.5 Å². The van der Waals surface area contributed by atoms with E-state index in [0.717, 1.165) is 41.7 Å². The highest BCUT2D eigenvalue weighted by atomic mass is 32.1. The minimum Gasteiger partial charge on any atom is -0.451 e. The molecule has 166 valence electrons. The first-order valence-corrected chi connectivity index (χ1v) is 11.7. The SMILES string of the molecule is O=C(Nc1sc2c(c1C(=O)NCCc1ccccc1)CCC2)c1cc(=O)c2ccccc2o1. The third kappa shape index (κ3) is 4.32. The molecule has 2 aromatic carbocycles. The lowest BCUT2D eigenvalue weighted by molar-refractivity contribution is 0.0954. The van der Waals surface area contributed by atoms with Crippen LogP contribution < -0.4 is 16.1 Å². The summed E-state index contributed by atoms with van der Waals surface area (Å²) in [6.45, 7) is 0.500. The van der Waals surface area contributed by atoms with Crippen molar-refractivity contribution in [3.63, 3.8) is 0 Å². The van der Waals surface area contributed by atoms with Gasteiger partial charge in [0.2, 0.25) is 0 Å². The van der Waals surface area contributed by atoms with E-state index in [1.165, 1.54) is 17.4 Å². The summed E-state index contributed by atoms with van der Waals surface area (Å²) in [5.41, 5.74) is 2.75. The smallest absolute Gasteiger partial charge is 0.292 e. The highest BCUT2D eigenvalue weighted by molar-refractivity contribution is 7.17. The second kappa shape index (κ2) is 9.03. The van der Waals surface area contributed by atoms with Crippen molar-refractivity contribution < 1.29 is 14.0 Å². The third-order valence-electron chi connectivity index (χ3n) is 5.78. The lowest BCUT2D eigenvalue weighted by Crippen LogP contribution is -2.27. The van der Waals surface area contributed by atoms with Crippen molar-refractivity contribution in [3.8, 4) is 0 Å². The molecule has 1 aliphatic rings. The van der Waals surface area contributed by atoms with Crippen molar-refractivity contribution >= 4 is 39.1 Å². The number of carbonyl (C=O) groups is 2. The molecule has 6 nitrogen and oxygen atoms in total. The second-order valence-electron chi connectivity index (χ2n) is 7.98. The van der Waals surface area contributed by atoms with Gasteiger partial charge in [-0.2, -0.15) is 0 Å². The van der Waals surface area contributed by atoms with E-state index in [-0.39, 0.29) is 17.1 Å². The molecule has 0 fully saturated rings. The van der Waals surface area contributed by atoms with Crippen molar-refractivity contribution in [2.75, 3.05) is 11.9 Å². The van der Waals surface area contributed by atoms with Crippen LogP contribution in [0.2, 0.25) is 0 Å². The number of benzene rings is 2. The first kappa shape index (κ1) is 21.2. The lowest BCUT2D eigenvalue weighted by atomic mass is 10.1. The second-order valence-corrected chi connectivity index (χ2v) is 9.08. The fraction of sp³-hybridized carbons (Fsp3) is 0.192. The third-order valence-corrected chi connectivity index (χ3v) is 6.98. The first-order chi connectivity index (χ1) is 16.1. The van der Waals surface area contributed by atoms with Crippen molar-refractivity contribution in [1.82, 2.24) is 5.32 Å². The molecule has 2 aromatic heterocycles. The maximum atomic E-state index is 13.1. The number of carbonyl (C=O) groups excluding carboxylic acids is 2. The van der Waals surface area contributed by atoms with Gasteiger partial charge in [0.05, 0.1) is 10.9 Å². The van der Waals surface area contributed by atoms with Crippen molar-refractivity contribution in [3.05, 3.63) is 98.2 Å². The van der Waals surface area contributed by atoms with E-state index in [2.05, 4.69) is 10.6 Å². The van der Waals surface area contributed by atoms with Crippen LogP contribution in [0, 0.1) is 0 Å². The van der Waals surface area contributed by atoms with Crippen LogP contribution in [0.25, 0.3) is 11.0 Å². The Bertz CT molecular complexity index is 1410. The number of para-hydroxylation sites is 1. The molecule has 0 saturated carbocycles. The molecule has 1 aliphatic carbocycles. The maximum Gasteiger partial charge on any atom is 0.292 e. The lowest BCUT2D eigenvalue weighted by Gasteiger charge is -2.10. The predicted octanol–water partition coefficient (Wildman–Crippen LogP) is 4.57. The Kier molecular flexibility index (Phi) is 5.79. The van der Waals surface area contributed by atoms with E-state index in [1.54, 1.807) is 24.3 Å². The predicted molar refractivity (Wildman–Crippen MR) is 129 cm³/mol. The van der Waals surface area contributed by atoms with Gasteiger partial charge in [-0.05, 0) is 48.9 Å². The Morgan fingerprint density at radius 1 is 0.970 bits per heavy atom. The van der Waals surface area contributed by atoms with Gasteiger partial charge in [-0.15, -0.1) is 11.3 Å². The number of fused-ring (bicyclic) bond motifs is 2. The summed E-state index contributed by atoms with van der Waals surface area (Å²) < 4.78 is 5.66. The Labute approximate surface area is 194 Å². The average Bonchev–Trinajstić information content (AvgIpc) is 3.40. The molecule has 2 amide bonds. The van der Waals surface area contributed by atoms with E-state index < -0.39 is 5.91 Å². The normalized spacial score (nSPS) is 12.5. The summed E-state index contributed by atoms with van der Waals surface area (Å²) in [6.07, 6.45) is 3.43. The van der Waals surface area contributed by atoms with Gasteiger partial charge < -0.3 is 15.1 Å². The molecule has 0 atom stereocenters. The van der Waals surface area contributed by atoms with Gasteiger partial charge in [-0.1, -0.05) is 42.5 Å². The number of amides is 2. The Morgan fingerprint density at radius 3 is 2.61 bits per heavy atom. The van der Waals surface area contributed by atoms with E-state index in [9.17, 15) is 14.4 Å². The van der Waals surface area contributed by atoms with Gasteiger partial charge >= 0.3 is 0 Å². The van der Waals surface area contributed by atoms with Crippen LogP contribution in [0.15, 0.2) is 69.9 Å². The zero-order valence-corrected chi connectivity index (χ0v) is 18.7. The van der Waals surface area contributed by atoms with Gasteiger partial charge in [0.25, 0.3) is 11.8 Å². The first-order valence-electron chi connectivity index (χ1n) is 10.9. The topological polar surface area (TPSA) is 88.4 Å². The van der Waals surface area contributed by atoms with Crippen LogP contribution in [0.5, 0.6) is 0 Å². The molecule has 4 aromatic rings. The fourth-order valence-electron chi connectivity index (χ4n) is 4.17. The van der Waals surface area contributed by atoms with Crippen LogP contribution >= 0.6 is 11.3 Å². The molecular weight excluding hydrogens is 436 g/mol. The van der Waals surface area contributed by atoms with E-state index in [4.69, 9.17) is 4.42 Å². The van der Waals surface area contributed by atoms with Crippen LogP contribution in [-0.4, -0.2) is 18.4 Å². The molecule has 2 N–H and O–H groups in total. The molecule has 0 spiro atoms. The van der Waals surface area contributed by atoms with Crippen LogP contribution in [-0.2, 0) is 19.3 Å². The van der Waals surface area contributed by atoms with Crippen molar-refractivity contribution in [1.29, 1.82) is 0 Å². The maximum absolute atomic E-state index is 13.1. The van der Waals surface area contributed by atoms with Gasteiger partial charge in [-0.25, -0.2) is 0 Å². The van der Waals surface area contributed by atoms with E-state index >= 15 is 0 Å². The number of thiophene rings is 1. The summed E-state index contributed by atoms with van der Waals surface area (Å²) >= 11 is 1.43. The Hall–Kier alpha value is -3.71. The highest BCUT2D eigenvalue weighted by Gasteiger charge is 2.28. The highest BCUT2D eigenvalue weighted by Crippen LogP contribution is 2.39. The van der Waals surface area contributed by atoms with Gasteiger partial charge in [0.1, 0.15) is 10.6 Å². The zero-order chi connectivity index (χ0) is 22.8. The summed E-state index contributed by atoms with van der Waals surface area (Å²) in [5, 5.41) is 6.73. The molecular formula is C26H22N2O4S. The molecule has 0 radical (unpaired) electrons. The number of nitrogens with one attached hydrogen (secondary N) is 2. The van der Waals surface area contributed by atoms with Gasteiger partial charge in [-0.3, -0.25) is 14.4 Å². The molecule has 0 unspecified atom stereocenters. The number of hydrogen-bond donors (Lipinski definition) is 2. The summed E-state index contributed by atoms with van der Waals surface area (Å²) in [6, 6.07) is 18.0. The quantitative estimate of drug-likeness (QED) is 0.443. The van der Waals surface area contributed by atoms with E-state index in [0.29, 0.717) is 28.1 Å². The minimum atomic E-state index is -0.545. The number of hydrogen-bond acceptors (Lipinski definition) is 5. The number of anilines is 1. The van der Waals surface area contributed by atoms with Crippen LogP contribution in [0.4, 0.5) is 5.00 Å². The average molecular weight is 459 g/mol.